The number of hydrogen-bond donors (Lipinski definition) is 2. The molecule has 0 spiro atoms. The van der Waals surface area contributed by atoms with Gasteiger partial charge in [0.1, 0.15) is 5.75 Å². The Labute approximate surface area is 121 Å². The summed E-state index contributed by atoms with van der Waals surface area (Å²) in [5.41, 5.74) is 2.77. The first-order valence-electron chi connectivity index (χ1n) is 6.21. The highest BCUT2D eigenvalue weighted by Gasteiger charge is 2.10. The van der Waals surface area contributed by atoms with Gasteiger partial charge < -0.3 is 10.4 Å². The first-order chi connectivity index (χ1) is 9.08. The van der Waals surface area contributed by atoms with Crippen LogP contribution in [-0.2, 0) is 6.54 Å². The van der Waals surface area contributed by atoms with Gasteiger partial charge in [-0.15, -0.1) is 0 Å². The number of rotatable bonds is 4. The summed E-state index contributed by atoms with van der Waals surface area (Å²) in [4.78, 5) is 4.34. The normalized spacial score (nSPS) is 12.4. The molecule has 0 saturated carbocycles. The van der Waals surface area contributed by atoms with E-state index in [0.29, 0.717) is 12.2 Å². The van der Waals surface area contributed by atoms with Crippen molar-refractivity contribution < 1.29 is 5.11 Å². The van der Waals surface area contributed by atoms with Crippen LogP contribution in [0.1, 0.15) is 29.9 Å². The summed E-state index contributed by atoms with van der Waals surface area (Å²) >= 11 is 3.54. The number of nitrogens with zero attached hydrogens (tertiary/aromatic N) is 1. The Bertz CT molecular complexity index is 572. The zero-order valence-corrected chi connectivity index (χ0v) is 12.6. The van der Waals surface area contributed by atoms with E-state index in [4.69, 9.17) is 0 Å². The van der Waals surface area contributed by atoms with Crippen molar-refractivity contribution in [1.29, 1.82) is 0 Å². The van der Waals surface area contributed by atoms with Crippen LogP contribution in [0.2, 0.25) is 0 Å². The molecule has 1 aromatic carbocycles. The molecule has 4 heteroatoms. The number of aromatic hydroxyl groups is 1. The molecule has 1 heterocycles. The van der Waals surface area contributed by atoms with Crippen LogP contribution in [0.25, 0.3) is 0 Å². The molecule has 2 aromatic rings. The summed E-state index contributed by atoms with van der Waals surface area (Å²) in [6.45, 7) is 4.54. The van der Waals surface area contributed by atoms with Crippen molar-refractivity contribution >= 4 is 15.9 Å². The lowest BCUT2D eigenvalue weighted by Crippen LogP contribution is -2.19. The van der Waals surface area contributed by atoms with E-state index in [0.717, 1.165) is 10.2 Å². The van der Waals surface area contributed by atoms with E-state index in [1.165, 1.54) is 5.56 Å². The molecule has 0 radical (unpaired) electrons. The smallest absolute Gasteiger partial charge is 0.138 e. The van der Waals surface area contributed by atoms with Gasteiger partial charge in [-0.25, -0.2) is 0 Å². The maximum absolute atomic E-state index is 9.76. The second-order valence-electron chi connectivity index (χ2n) is 4.54. The van der Waals surface area contributed by atoms with Crippen molar-refractivity contribution in [2.45, 2.75) is 26.4 Å². The Balaban J connectivity index is 2.06. The van der Waals surface area contributed by atoms with Crippen LogP contribution in [0.3, 0.4) is 0 Å². The molecule has 19 heavy (non-hydrogen) atoms. The third-order valence-corrected chi connectivity index (χ3v) is 3.76. The van der Waals surface area contributed by atoms with E-state index >= 15 is 0 Å². The van der Waals surface area contributed by atoms with Gasteiger partial charge in [-0.2, -0.15) is 0 Å². The molecule has 100 valence electrons. The van der Waals surface area contributed by atoms with Gasteiger partial charge in [-0.05, 0) is 37.6 Å². The van der Waals surface area contributed by atoms with Crippen molar-refractivity contribution in [3.05, 3.63) is 57.8 Å². The van der Waals surface area contributed by atoms with Gasteiger partial charge in [0.2, 0.25) is 0 Å². The van der Waals surface area contributed by atoms with Crippen molar-refractivity contribution in [2.24, 2.45) is 0 Å². The average molecular weight is 321 g/mol. The maximum atomic E-state index is 9.76. The predicted molar refractivity (Wildman–Crippen MR) is 80.0 cm³/mol. The SMILES string of the molecule is Cc1ccc(O)c(CN[C@@H](C)c2ccccc2Br)n1. The van der Waals surface area contributed by atoms with Crippen molar-refractivity contribution in [3.8, 4) is 5.75 Å². The molecule has 0 saturated heterocycles. The molecule has 2 rings (SSSR count). The number of aromatic nitrogens is 1. The molecule has 2 N–H and O–H groups in total. The van der Waals surface area contributed by atoms with E-state index in [1.807, 2.05) is 25.1 Å². The zero-order chi connectivity index (χ0) is 13.8. The number of halogens is 1. The lowest BCUT2D eigenvalue weighted by molar-refractivity contribution is 0.454. The third-order valence-electron chi connectivity index (χ3n) is 3.04. The first-order valence-corrected chi connectivity index (χ1v) is 7.00. The summed E-state index contributed by atoms with van der Waals surface area (Å²) in [7, 11) is 0. The largest absolute Gasteiger partial charge is 0.506 e. The highest BCUT2D eigenvalue weighted by atomic mass is 79.9. The monoisotopic (exact) mass is 320 g/mol. The molecule has 0 amide bonds. The molecule has 1 atom stereocenters. The first kappa shape index (κ1) is 14.0. The molecule has 0 aliphatic heterocycles. The standard InChI is InChI=1S/C15H17BrN2O/c1-10-7-8-15(19)14(18-10)9-17-11(2)12-5-3-4-6-13(12)16/h3-8,11,17,19H,9H2,1-2H3/t11-/m0/s1. The number of aryl methyl sites for hydroxylation is 1. The molecule has 0 unspecified atom stereocenters. The van der Waals surface area contributed by atoms with Gasteiger partial charge >= 0.3 is 0 Å². The summed E-state index contributed by atoms with van der Waals surface area (Å²) < 4.78 is 1.08. The minimum Gasteiger partial charge on any atom is -0.506 e. The lowest BCUT2D eigenvalue weighted by Gasteiger charge is -2.16. The van der Waals surface area contributed by atoms with Crippen LogP contribution >= 0.6 is 15.9 Å². The minimum atomic E-state index is 0.178. The average Bonchev–Trinajstić information content (AvgIpc) is 2.40. The number of benzene rings is 1. The van der Waals surface area contributed by atoms with E-state index < -0.39 is 0 Å². The van der Waals surface area contributed by atoms with Gasteiger partial charge in [0, 0.05) is 22.8 Å². The summed E-state index contributed by atoms with van der Waals surface area (Å²) in [5, 5.41) is 13.1. The molecule has 0 aliphatic carbocycles. The topological polar surface area (TPSA) is 45.1 Å². The fourth-order valence-electron chi connectivity index (χ4n) is 1.92. The van der Waals surface area contributed by atoms with Gasteiger partial charge in [0.05, 0.1) is 5.69 Å². The Hall–Kier alpha value is -1.39. The van der Waals surface area contributed by atoms with Gasteiger partial charge in [-0.1, -0.05) is 34.1 Å². The van der Waals surface area contributed by atoms with Gasteiger partial charge in [0.25, 0.3) is 0 Å². The zero-order valence-electron chi connectivity index (χ0n) is 11.0. The Morgan fingerprint density at radius 1 is 1.26 bits per heavy atom. The van der Waals surface area contributed by atoms with Crippen LogP contribution in [0.4, 0.5) is 0 Å². The van der Waals surface area contributed by atoms with Crippen LogP contribution < -0.4 is 5.32 Å². The second-order valence-corrected chi connectivity index (χ2v) is 5.40. The molecular weight excluding hydrogens is 304 g/mol. The highest BCUT2D eigenvalue weighted by Crippen LogP contribution is 2.23. The minimum absolute atomic E-state index is 0.178. The Kier molecular flexibility index (Phi) is 4.56. The molecule has 0 fully saturated rings. The van der Waals surface area contributed by atoms with Crippen LogP contribution in [0, 0.1) is 6.92 Å². The molecule has 1 aromatic heterocycles. The van der Waals surface area contributed by atoms with E-state index in [9.17, 15) is 5.11 Å². The van der Waals surface area contributed by atoms with Crippen molar-refractivity contribution in [1.82, 2.24) is 10.3 Å². The molecule has 3 nitrogen and oxygen atoms in total. The van der Waals surface area contributed by atoms with E-state index in [2.05, 4.69) is 39.2 Å². The Morgan fingerprint density at radius 2 is 2.00 bits per heavy atom. The maximum Gasteiger partial charge on any atom is 0.138 e. The van der Waals surface area contributed by atoms with Crippen molar-refractivity contribution in [3.63, 3.8) is 0 Å². The van der Waals surface area contributed by atoms with Gasteiger partial charge in [0.15, 0.2) is 0 Å². The van der Waals surface area contributed by atoms with Crippen LogP contribution in [-0.4, -0.2) is 10.1 Å². The third kappa shape index (κ3) is 3.55. The summed E-state index contributed by atoms with van der Waals surface area (Å²) in [6.07, 6.45) is 0. The molecular formula is C15H17BrN2O. The van der Waals surface area contributed by atoms with Crippen molar-refractivity contribution in [2.75, 3.05) is 0 Å². The number of nitrogens with one attached hydrogen (secondary N) is 1. The summed E-state index contributed by atoms with van der Waals surface area (Å²) in [6, 6.07) is 11.8. The fourth-order valence-corrected chi connectivity index (χ4v) is 2.55. The summed E-state index contributed by atoms with van der Waals surface area (Å²) in [5.74, 6) is 0.234. The van der Waals surface area contributed by atoms with E-state index in [1.54, 1.807) is 12.1 Å². The van der Waals surface area contributed by atoms with Crippen LogP contribution in [0.5, 0.6) is 5.75 Å². The highest BCUT2D eigenvalue weighted by molar-refractivity contribution is 9.10. The molecule has 0 bridgehead atoms. The Morgan fingerprint density at radius 3 is 2.74 bits per heavy atom. The molecule has 0 aliphatic rings. The van der Waals surface area contributed by atoms with Crippen LogP contribution in [0.15, 0.2) is 40.9 Å². The number of hydrogen-bond acceptors (Lipinski definition) is 3. The number of pyridine rings is 1. The van der Waals surface area contributed by atoms with E-state index in [-0.39, 0.29) is 11.8 Å². The van der Waals surface area contributed by atoms with Gasteiger partial charge in [-0.3, -0.25) is 4.98 Å². The second kappa shape index (κ2) is 6.17. The fraction of sp³-hybridized carbons (Fsp3) is 0.267. The quantitative estimate of drug-likeness (QED) is 0.902. The lowest BCUT2D eigenvalue weighted by atomic mass is 10.1. The predicted octanol–water partition coefficient (Wildman–Crippen LogP) is 3.71.